The Balaban J connectivity index is 4.02. The van der Waals surface area contributed by atoms with E-state index in [-0.39, 0.29) is 6.42 Å². The molecule has 0 aliphatic heterocycles. The summed E-state index contributed by atoms with van der Waals surface area (Å²) in [5.74, 6) is -1.13. The molecule has 0 saturated carbocycles. The van der Waals surface area contributed by atoms with E-state index >= 15 is 0 Å². The van der Waals surface area contributed by atoms with Crippen LogP contribution >= 0.6 is 34.8 Å². The minimum atomic E-state index is -1.47. The van der Waals surface area contributed by atoms with Crippen LogP contribution in [-0.2, 0) is 9.59 Å². The first kappa shape index (κ1) is 12.0. The third kappa shape index (κ3) is 5.63. The zero-order valence-electron chi connectivity index (χ0n) is 5.97. The number of halogens is 3. The van der Waals surface area contributed by atoms with Gasteiger partial charge in [0.2, 0.25) is 0 Å². The third-order valence-corrected chi connectivity index (χ3v) is 1.88. The molecule has 6 heteroatoms. The maximum atomic E-state index is 10.2. The number of carbonyl (C=O) groups is 2. The van der Waals surface area contributed by atoms with Crippen LogP contribution in [0.3, 0.4) is 0 Å². The normalized spacial score (nSPS) is 13.9. The Morgan fingerprint density at radius 1 is 1.58 bits per heavy atom. The number of aldehydes is 1. The summed E-state index contributed by atoms with van der Waals surface area (Å²) in [5.41, 5.74) is 0. The molecular weight excluding hydrogens is 226 g/mol. The fourth-order valence-electron chi connectivity index (χ4n) is 0.627. The Morgan fingerprint density at radius 3 is 2.42 bits per heavy atom. The molecular formula is C6H7Cl3O3. The van der Waals surface area contributed by atoms with E-state index in [2.05, 4.69) is 0 Å². The van der Waals surface area contributed by atoms with Gasteiger partial charge >= 0.3 is 5.97 Å². The van der Waals surface area contributed by atoms with Gasteiger partial charge in [0, 0.05) is 6.42 Å². The topological polar surface area (TPSA) is 54.4 Å². The van der Waals surface area contributed by atoms with E-state index in [9.17, 15) is 9.59 Å². The molecule has 1 N–H and O–H groups in total. The van der Waals surface area contributed by atoms with Crippen molar-refractivity contribution in [3.8, 4) is 0 Å². The molecule has 12 heavy (non-hydrogen) atoms. The largest absolute Gasteiger partial charge is 0.481 e. The first-order chi connectivity index (χ1) is 5.37. The lowest BCUT2D eigenvalue weighted by Crippen LogP contribution is -2.23. The molecule has 0 spiro atoms. The molecule has 0 aromatic heterocycles. The van der Waals surface area contributed by atoms with Crippen molar-refractivity contribution < 1.29 is 14.7 Å². The van der Waals surface area contributed by atoms with Crippen molar-refractivity contribution >= 4 is 47.1 Å². The molecule has 1 atom stereocenters. The van der Waals surface area contributed by atoms with Gasteiger partial charge in [-0.2, -0.15) is 0 Å². The molecule has 0 aromatic carbocycles. The standard InChI is InChI=1S/C6H7Cl3O3/c7-4(3-10)1-6(8,9)2-5(11)12/h3-4H,1-2H2,(H,11,12). The van der Waals surface area contributed by atoms with Crippen molar-refractivity contribution in [1.82, 2.24) is 0 Å². The van der Waals surface area contributed by atoms with Gasteiger partial charge in [-0.15, -0.1) is 34.8 Å². The predicted octanol–water partition coefficient (Wildman–Crippen LogP) is 1.83. The summed E-state index contributed by atoms with van der Waals surface area (Å²) in [4.78, 5) is 20.3. The molecule has 70 valence electrons. The highest BCUT2D eigenvalue weighted by Gasteiger charge is 2.30. The zero-order chi connectivity index (χ0) is 9.78. The van der Waals surface area contributed by atoms with E-state index in [1.165, 1.54) is 0 Å². The molecule has 0 saturated heterocycles. The second-order valence-corrected chi connectivity index (χ2v) is 4.48. The van der Waals surface area contributed by atoms with E-state index in [0.717, 1.165) is 0 Å². The summed E-state index contributed by atoms with van der Waals surface area (Å²) in [6.07, 6.45) is -0.0520. The maximum Gasteiger partial charge on any atom is 0.306 e. The quantitative estimate of drug-likeness (QED) is 0.582. The number of hydrogen-bond donors (Lipinski definition) is 1. The van der Waals surface area contributed by atoms with Crippen LogP contribution in [0, 0.1) is 0 Å². The van der Waals surface area contributed by atoms with Crippen LogP contribution in [0.4, 0.5) is 0 Å². The minimum Gasteiger partial charge on any atom is -0.481 e. The molecule has 0 bridgehead atoms. The molecule has 0 amide bonds. The van der Waals surface area contributed by atoms with Crippen molar-refractivity contribution in [2.24, 2.45) is 0 Å². The van der Waals surface area contributed by atoms with E-state index < -0.39 is 22.1 Å². The average Bonchev–Trinajstić information content (AvgIpc) is 1.83. The van der Waals surface area contributed by atoms with Crippen LogP contribution in [0.15, 0.2) is 0 Å². The van der Waals surface area contributed by atoms with Crippen LogP contribution in [0.5, 0.6) is 0 Å². The Bertz CT molecular complexity index is 181. The van der Waals surface area contributed by atoms with Crippen molar-refractivity contribution in [1.29, 1.82) is 0 Å². The van der Waals surface area contributed by atoms with Gasteiger partial charge in [-0.3, -0.25) is 4.79 Å². The van der Waals surface area contributed by atoms with Crippen LogP contribution in [0.25, 0.3) is 0 Å². The lowest BCUT2D eigenvalue weighted by atomic mass is 10.2. The molecule has 0 aliphatic carbocycles. The van der Waals surface area contributed by atoms with Gasteiger partial charge in [-0.05, 0) is 0 Å². The number of rotatable bonds is 5. The van der Waals surface area contributed by atoms with Gasteiger partial charge in [0.25, 0.3) is 0 Å². The highest BCUT2D eigenvalue weighted by Crippen LogP contribution is 2.31. The van der Waals surface area contributed by atoms with E-state index in [4.69, 9.17) is 39.9 Å². The number of carboxylic acid groups (broad SMARTS) is 1. The number of alkyl halides is 3. The van der Waals surface area contributed by atoms with Crippen molar-refractivity contribution in [2.75, 3.05) is 0 Å². The first-order valence-corrected chi connectivity index (χ1v) is 4.25. The number of aliphatic carboxylic acids is 1. The summed E-state index contributed by atoms with van der Waals surface area (Å²) in [5, 5.41) is 7.49. The zero-order valence-corrected chi connectivity index (χ0v) is 8.23. The molecule has 0 heterocycles. The number of carboxylic acids is 1. The molecule has 3 nitrogen and oxygen atoms in total. The molecule has 0 aromatic rings. The third-order valence-electron chi connectivity index (χ3n) is 1.05. The van der Waals surface area contributed by atoms with Gasteiger partial charge in [0.15, 0.2) is 0 Å². The fraction of sp³-hybridized carbons (Fsp3) is 0.667. The Morgan fingerprint density at radius 2 is 2.08 bits per heavy atom. The van der Waals surface area contributed by atoms with E-state index in [0.29, 0.717) is 6.29 Å². The first-order valence-electron chi connectivity index (χ1n) is 3.06. The second-order valence-electron chi connectivity index (χ2n) is 2.28. The van der Waals surface area contributed by atoms with E-state index in [1.807, 2.05) is 0 Å². The second kappa shape index (κ2) is 4.90. The Kier molecular flexibility index (Phi) is 4.90. The average molecular weight is 233 g/mol. The minimum absolute atomic E-state index is 0.0759. The highest BCUT2D eigenvalue weighted by molar-refractivity contribution is 6.49. The monoisotopic (exact) mass is 232 g/mol. The summed E-state index contributed by atoms with van der Waals surface area (Å²) >= 11 is 16.5. The highest BCUT2D eigenvalue weighted by atomic mass is 35.5. The summed E-state index contributed by atoms with van der Waals surface area (Å²) in [7, 11) is 0. The van der Waals surface area contributed by atoms with Crippen LogP contribution < -0.4 is 0 Å². The van der Waals surface area contributed by atoms with E-state index in [1.54, 1.807) is 0 Å². The molecule has 0 fully saturated rings. The van der Waals surface area contributed by atoms with Crippen molar-refractivity contribution in [2.45, 2.75) is 22.6 Å². The predicted molar refractivity (Wildman–Crippen MR) is 47.0 cm³/mol. The van der Waals surface area contributed by atoms with Crippen LogP contribution in [0.2, 0.25) is 0 Å². The smallest absolute Gasteiger partial charge is 0.306 e. The SMILES string of the molecule is O=CC(Cl)CC(Cl)(Cl)CC(=O)O. The molecule has 1 unspecified atom stereocenters. The Hall–Kier alpha value is 0.01000. The van der Waals surface area contributed by atoms with Crippen LogP contribution in [0.1, 0.15) is 12.8 Å². The summed E-state index contributed by atoms with van der Waals surface area (Å²) in [6.45, 7) is 0. The molecule has 0 radical (unpaired) electrons. The van der Waals surface area contributed by atoms with Gasteiger partial charge in [0.1, 0.15) is 10.6 Å². The molecule has 0 rings (SSSR count). The molecule has 0 aliphatic rings. The van der Waals surface area contributed by atoms with Gasteiger partial charge in [-0.25, -0.2) is 0 Å². The Labute approximate surface area is 84.6 Å². The fourth-order valence-corrected chi connectivity index (χ4v) is 1.61. The van der Waals surface area contributed by atoms with Gasteiger partial charge < -0.3 is 9.90 Å². The van der Waals surface area contributed by atoms with Gasteiger partial charge in [-0.1, -0.05) is 0 Å². The number of carbonyl (C=O) groups excluding carboxylic acids is 1. The lowest BCUT2D eigenvalue weighted by Gasteiger charge is -2.17. The number of hydrogen-bond acceptors (Lipinski definition) is 2. The summed E-state index contributed by atoms with van der Waals surface area (Å²) < 4.78 is -1.47. The van der Waals surface area contributed by atoms with Crippen LogP contribution in [-0.4, -0.2) is 27.1 Å². The maximum absolute atomic E-state index is 10.2. The summed E-state index contributed by atoms with van der Waals surface area (Å²) in [6, 6.07) is 0. The lowest BCUT2D eigenvalue weighted by molar-refractivity contribution is -0.137. The van der Waals surface area contributed by atoms with Crippen molar-refractivity contribution in [3.05, 3.63) is 0 Å². The van der Waals surface area contributed by atoms with Crippen molar-refractivity contribution in [3.63, 3.8) is 0 Å². The van der Waals surface area contributed by atoms with Gasteiger partial charge in [0.05, 0.1) is 11.8 Å².